The standard InChI is InChI=1S/C25H20F3N5O3/c1-35-16-10-15(11-17(13-16)36-2)22-18-7-9-29-23(18)24(34)33(32-22)21-12-14(20-4-3-8-30-31-20)5-6-19(21)25(26,27)28/h3-6,8,10-13,29H,7,9H2,1-2H3. The Balaban J connectivity index is 1.80. The van der Waals surface area contributed by atoms with Gasteiger partial charge in [-0.05, 0) is 42.8 Å². The van der Waals surface area contributed by atoms with Crippen molar-refractivity contribution in [2.75, 3.05) is 26.1 Å². The van der Waals surface area contributed by atoms with Crippen molar-refractivity contribution in [2.45, 2.75) is 12.6 Å². The van der Waals surface area contributed by atoms with Crippen molar-refractivity contribution >= 4 is 5.69 Å². The van der Waals surface area contributed by atoms with E-state index in [-0.39, 0.29) is 5.69 Å². The molecule has 0 amide bonds. The van der Waals surface area contributed by atoms with Crippen molar-refractivity contribution in [1.29, 1.82) is 0 Å². The second-order valence-electron chi connectivity index (χ2n) is 8.04. The number of fused-ring (bicyclic) bond motifs is 1. The van der Waals surface area contributed by atoms with Crippen LogP contribution in [0.15, 0.2) is 59.5 Å². The fraction of sp³-hybridized carbons (Fsp3) is 0.200. The van der Waals surface area contributed by atoms with Crippen LogP contribution in [0.25, 0.3) is 28.2 Å². The Labute approximate surface area is 203 Å². The van der Waals surface area contributed by atoms with Gasteiger partial charge in [0, 0.05) is 35.5 Å². The van der Waals surface area contributed by atoms with Crippen molar-refractivity contribution in [3.63, 3.8) is 0 Å². The van der Waals surface area contributed by atoms with Crippen LogP contribution in [0.5, 0.6) is 11.5 Å². The highest BCUT2D eigenvalue weighted by Crippen LogP contribution is 2.38. The minimum atomic E-state index is -4.73. The average Bonchev–Trinajstić information content (AvgIpc) is 3.39. The minimum Gasteiger partial charge on any atom is -0.497 e. The van der Waals surface area contributed by atoms with E-state index in [4.69, 9.17) is 9.47 Å². The van der Waals surface area contributed by atoms with Crippen molar-refractivity contribution in [3.8, 4) is 39.7 Å². The summed E-state index contributed by atoms with van der Waals surface area (Å²) < 4.78 is 53.7. The second-order valence-corrected chi connectivity index (χ2v) is 8.04. The van der Waals surface area contributed by atoms with E-state index in [1.807, 2.05) is 0 Å². The van der Waals surface area contributed by atoms with E-state index in [9.17, 15) is 18.0 Å². The number of rotatable bonds is 5. The number of hydrogen-bond acceptors (Lipinski definition) is 7. The Bertz CT molecular complexity index is 1480. The molecule has 11 heteroatoms. The van der Waals surface area contributed by atoms with Crippen LogP contribution >= 0.6 is 0 Å². The highest BCUT2D eigenvalue weighted by molar-refractivity contribution is 5.74. The molecule has 36 heavy (non-hydrogen) atoms. The fourth-order valence-electron chi connectivity index (χ4n) is 4.20. The number of nitrogens with one attached hydrogen (secondary N) is 1. The normalized spacial score (nSPS) is 12.7. The molecule has 184 valence electrons. The summed E-state index contributed by atoms with van der Waals surface area (Å²) in [5.74, 6) is 0.952. The zero-order valence-electron chi connectivity index (χ0n) is 19.3. The maximum atomic E-state index is 14.1. The van der Waals surface area contributed by atoms with Gasteiger partial charge in [-0.25, -0.2) is 0 Å². The third-order valence-corrected chi connectivity index (χ3v) is 5.89. The Morgan fingerprint density at radius 3 is 2.39 bits per heavy atom. The lowest BCUT2D eigenvalue weighted by Gasteiger charge is -2.18. The molecule has 0 unspecified atom stereocenters. The van der Waals surface area contributed by atoms with E-state index in [2.05, 4.69) is 20.6 Å². The summed E-state index contributed by atoms with van der Waals surface area (Å²) in [6.07, 6.45) is -2.79. The number of nitrogens with zero attached hydrogens (tertiary/aromatic N) is 4. The van der Waals surface area contributed by atoms with Gasteiger partial charge in [0.1, 0.15) is 17.2 Å². The number of benzene rings is 2. The minimum absolute atomic E-state index is 0.208. The van der Waals surface area contributed by atoms with E-state index >= 15 is 0 Å². The first-order chi connectivity index (χ1) is 17.3. The Morgan fingerprint density at radius 2 is 1.75 bits per heavy atom. The Kier molecular flexibility index (Phi) is 5.83. The lowest BCUT2D eigenvalue weighted by Crippen LogP contribution is -2.27. The fourth-order valence-corrected chi connectivity index (χ4v) is 4.20. The highest BCUT2D eigenvalue weighted by Gasteiger charge is 2.36. The van der Waals surface area contributed by atoms with Gasteiger partial charge in [0.25, 0.3) is 5.56 Å². The molecule has 1 aliphatic rings. The van der Waals surface area contributed by atoms with Crippen molar-refractivity contribution in [2.24, 2.45) is 0 Å². The smallest absolute Gasteiger partial charge is 0.418 e. The summed E-state index contributed by atoms with van der Waals surface area (Å²) in [5.41, 5.74) is 0.340. The summed E-state index contributed by atoms with van der Waals surface area (Å²) in [6, 6.07) is 11.8. The highest BCUT2D eigenvalue weighted by atomic mass is 19.4. The SMILES string of the molecule is COc1cc(OC)cc(-c2nn(-c3cc(-c4cccnn4)ccc3C(F)(F)F)c(=O)c3c2CCN3)c1. The third kappa shape index (κ3) is 4.12. The zero-order chi connectivity index (χ0) is 25.4. The van der Waals surface area contributed by atoms with Crippen LogP contribution in [0, 0.1) is 0 Å². The van der Waals surface area contributed by atoms with E-state index in [1.165, 1.54) is 32.5 Å². The maximum absolute atomic E-state index is 14.1. The molecule has 2 aromatic heterocycles. The molecule has 0 spiro atoms. The first-order valence-corrected chi connectivity index (χ1v) is 10.9. The monoisotopic (exact) mass is 495 g/mol. The van der Waals surface area contributed by atoms with Crippen molar-refractivity contribution < 1.29 is 22.6 Å². The third-order valence-electron chi connectivity index (χ3n) is 5.89. The molecular formula is C25H20F3N5O3. The van der Waals surface area contributed by atoms with Crippen LogP contribution in [0.3, 0.4) is 0 Å². The van der Waals surface area contributed by atoms with Gasteiger partial charge >= 0.3 is 6.18 Å². The molecule has 0 saturated heterocycles. The summed E-state index contributed by atoms with van der Waals surface area (Å²) in [6.45, 7) is 0.455. The number of halogens is 3. The molecular weight excluding hydrogens is 475 g/mol. The predicted molar refractivity (Wildman–Crippen MR) is 127 cm³/mol. The first kappa shape index (κ1) is 23.3. The van der Waals surface area contributed by atoms with E-state index in [0.717, 1.165) is 10.7 Å². The van der Waals surface area contributed by atoms with Gasteiger partial charge in [-0.15, -0.1) is 0 Å². The molecule has 8 nitrogen and oxygen atoms in total. The van der Waals surface area contributed by atoms with E-state index < -0.39 is 23.0 Å². The molecule has 2 aromatic carbocycles. The Morgan fingerprint density at radius 1 is 1.00 bits per heavy atom. The Hall–Kier alpha value is -4.41. The van der Waals surface area contributed by atoms with Crippen LogP contribution in [0.4, 0.5) is 18.9 Å². The molecule has 0 aliphatic carbocycles. The van der Waals surface area contributed by atoms with Crippen LogP contribution in [0.1, 0.15) is 11.1 Å². The number of alkyl halides is 3. The number of methoxy groups -OCH3 is 2. The number of hydrogen-bond donors (Lipinski definition) is 1. The summed E-state index contributed by atoms with van der Waals surface area (Å²) in [7, 11) is 2.99. The maximum Gasteiger partial charge on any atom is 0.418 e. The van der Waals surface area contributed by atoms with Gasteiger partial charge < -0.3 is 14.8 Å². The quantitative estimate of drug-likeness (QED) is 0.440. The van der Waals surface area contributed by atoms with Gasteiger partial charge in [0.2, 0.25) is 0 Å². The van der Waals surface area contributed by atoms with Gasteiger partial charge in [-0.3, -0.25) is 4.79 Å². The molecule has 4 aromatic rings. The van der Waals surface area contributed by atoms with Crippen LogP contribution in [-0.2, 0) is 12.6 Å². The molecule has 0 radical (unpaired) electrons. The zero-order valence-corrected chi connectivity index (χ0v) is 19.3. The number of aromatic nitrogens is 4. The lowest BCUT2D eigenvalue weighted by atomic mass is 10.0. The summed E-state index contributed by atoms with van der Waals surface area (Å²) in [4.78, 5) is 13.4. The lowest BCUT2D eigenvalue weighted by molar-refractivity contribution is -0.137. The van der Waals surface area contributed by atoms with Gasteiger partial charge in [0.15, 0.2) is 0 Å². The predicted octanol–water partition coefficient (Wildman–Crippen LogP) is 4.36. The second kappa shape index (κ2) is 8.99. The molecule has 0 saturated carbocycles. The van der Waals surface area contributed by atoms with Crippen LogP contribution in [-0.4, -0.2) is 40.7 Å². The molecule has 0 atom stereocenters. The summed E-state index contributed by atoms with van der Waals surface area (Å²) >= 11 is 0. The number of anilines is 1. The summed E-state index contributed by atoms with van der Waals surface area (Å²) in [5, 5.41) is 15.2. The van der Waals surface area contributed by atoms with E-state index in [0.29, 0.717) is 52.5 Å². The molecule has 0 fully saturated rings. The molecule has 0 bridgehead atoms. The largest absolute Gasteiger partial charge is 0.497 e. The average molecular weight is 495 g/mol. The topological polar surface area (TPSA) is 91.2 Å². The van der Waals surface area contributed by atoms with E-state index in [1.54, 1.807) is 30.3 Å². The number of ether oxygens (including phenoxy) is 2. The molecule has 3 heterocycles. The van der Waals surface area contributed by atoms with Crippen LogP contribution in [0.2, 0.25) is 0 Å². The van der Waals surface area contributed by atoms with Crippen LogP contribution < -0.4 is 20.3 Å². The van der Waals surface area contributed by atoms with Gasteiger partial charge in [0.05, 0.1) is 36.9 Å². The van der Waals surface area contributed by atoms with Gasteiger partial charge in [-0.2, -0.15) is 33.1 Å². The molecule has 1 N–H and O–H groups in total. The molecule has 1 aliphatic heterocycles. The molecule has 5 rings (SSSR count). The van der Waals surface area contributed by atoms with Gasteiger partial charge in [-0.1, -0.05) is 6.07 Å². The first-order valence-electron chi connectivity index (χ1n) is 10.9. The van der Waals surface area contributed by atoms with Crippen molar-refractivity contribution in [1.82, 2.24) is 20.0 Å². The van der Waals surface area contributed by atoms with Crippen molar-refractivity contribution in [3.05, 3.63) is 76.2 Å².